The van der Waals surface area contributed by atoms with Crippen molar-refractivity contribution in [2.45, 2.75) is 38.0 Å². The Bertz CT molecular complexity index is 320. The molecule has 0 amide bonds. The topological polar surface area (TPSA) is 104 Å². The monoisotopic (exact) mass is 239 g/mol. The number of hydrogen-bond acceptors (Lipinski definition) is 4. The maximum Gasteiger partial charge on any atom is 0.323 e. The highest BCUT2D eigenvalue weighted by molar-refractivity contribution is 7.90. The van der Waals surface area contributed by atoms with Gasteiger partial charge in [-0.05, 0) is 20.3 Å². The lowest BCUT2D eigenvalue weighted by atomic mass is 10.0. The minimum absolute atomic E-state index is 0.370. The Morgan fingerprint density at radius 1 is 1.53 bits per heavy atom. The van der Waals surface area contributed by atoms with E-state index in [2.05, 4.69) is 4.72 Å². The first-order valence-corrected chi connectivity index (χ1v) is 6.09. The number of aliphatic hydroxyl groups is 1. The van der Waals surface area contributed by atoms with Crippen LogP contribution < -0.4 is 4.72 Å². The lowest BCUT2D eigenvalue weighted by Gasteiger charge is -2.27. The van der Waals surface area contributed by atoms with Crippen molar-refractivity contribution in [1.82, 2.24) is 4.72 Å². The summed E-state index contributed by atoms with van der Waals surface area (Å²) >= 11 is 0. The summed E-state index contributed by atoms with van der Waals surface area (Å²) in [6, 6.07) is 0. The second kappa shape index (κ2) is 4.91. The molecule has 0 fully saturated rings. The predicted octanol–water partition coefficient (Wildman–Crippen LogP) is -0.460. The maximum atomic E-state index is 11.5. The zero-order valence-corrected chi connectivity index (χ0v) is 9.84. The van der Waals surface area contributed by atoms with Crippen molar-refractivity contribution in [3.8, 4) is 0 Å². The molecule has 0 aliphatic carbocycles. The quantitative estimate of drug-likeness (QED) is 0.582. The highest BCUT2D eigenvalue weighted by Crippen LogP contribution is 2.12. The fraction of sp³-hybridized carbons (Fsp3) is 0.875. The van der Waals surface area contributed by atoms with Gasteiger partial charge in [0, 0.05) is 0 Å². The van der Waals surface area contributed by atoms with E-state index >= 15 is 0 Å². The Morgan fingerprint density at radius 2 is 2.00 bits per heavy atom. The van der Waals surface area contributed by atoms with E-state index in [9.17, 15) is 13.2 Å². The summed E-state index contributed by atoms with van der Waals surface area (Å²) in [6.45, 7) is 3.91. The van der Waals surface area contributed by atoms with Crippen LogP contribution in [-0.4, -0.2) is 42.0 Å². The Labute approximate surface area is 89.4 Å². The van der Waals surface area contributed by atoms with Crippen LogP contribution in [0, 0.1) is 0 Å². The summed E-state index contributed by atoms with van der Waals surface area (Å²) in [6.07, 6.45) is 0.370. The fourth-order valence-corrected chi connectivity index (χ4v) is 2.12. The van der Waals surface area contributed by atoms with Gasteiger partial charge in [-0.25, -0.2) is 13.1 Å². The van der Waals surface area contributed by atoms with Crippen LogP contribution >= 0.6 is 0 Å². The molecule has 15 heavy (non-hydrogen) atoms. The van der Waals surface area contributed by atoms with E-state index in [0.717, 1.165) is 6.92 Å². The number of aliphatic hydroxyl groups excluding tert-OH is 1. The maximum absolute atomic E-state index is 11.5. The van der Waals surface area contributed by atoms with Crippen LogP contribution in [-0.2, 0) is 14.8 Å². The molecular formula is C8H17NO5S. The predicted molar refractivity (Wildman–Crippen MR) is 54.9 cm³/mol. The van der Waals surface area contributed by atoms with Gasteiger partial charge in [0.15, 0.2) is 5.25 Å². The third-order valence-corrected chi connectivity index (χ3v) is 4.24. The number of rotatable bonds is 6. The molecular weight excluding hydrogens is 222 g/mol. The third-order valence-electron chi connectivity index (χ3n) is 2.33. The minimum Gasteiger partial charge on any atom is -0.480 e. The largest absolute Gasteiger partial charge is 0.480 e. The Balaban J connectivity index is 4.86. The molecule has 0 spiro atoms. The van der Waals surface area contributed by atoms with E-state index in [1.165, 1.54) is 6.92 Å². The molecule has 2 atom stereocenters. The van der Waals surface area contributed by atoms with E-state index < -0.39 is 26.8 Å². The second-order valence-electron chi connectivity index (χ2n) is 3.70. The second-order valence-corrected chi connectivity index (χ2v) is 5.70. The molecule has 0 aliphatic rings. The zero-order chi connectivity index (χ0) is 12.3. The highest BCUT2D eigenvalue weighted by Gasteiger charge is 2.34. The first-order chi connectivity index (χ1) is 6.68. The van der Waals surface area contributed by atoms with E-state index in [4.69, 9.17) is 10.2 Å². The van der Waals surface area contributed by atoms with Crippen LogP contribution in [0.5, 0.6) is 0 Å². The molecule has 7 heteroatoms. The van der Waals surface area contributed by atoms with Crippen molar-refractivity contribution < 1.29 is 23.4 Å². The van der Waals surface area contributed by atoms with Gasteiger partial charge in [-0.3, -0.25) is 4.79 Å². The first-order valence-electron chi connectivity index (χ1n) is 4.55. The lowest BCUT2D eigenvalue weighted by molar-refractivity contribution is -0.136. The van der Waals surface area contributed by atoms with Crippen LogP contribution in [0.2, 0.25) is 0 Å². The fourth-order valence-electron chi connectivity index (χ4n) is 0.781. The van der Waals surface area contributed by atoms with Gasteiger partial charge in [-0.15, -0.1) is 0 Å². The van der Waals surface area contributed by atoms with Gasteiger partial charge in [-0.1, -0.05) is 6.92 Å². The minimum atomic E-state index is -3.95. The number of nitrogens with one attached hydrogen (secondary N) is 1. The van der Waals surface area contributed by atoms with Gasteiger partial charge in [0.2, 0.25) is 10.0 Å². The molecule has 0 aromatic carbocycles. The molecule has 0 aliphatic heterocycles. The van der Waals surface area contributed by atoms with Crippen molar-refractivity contribution in [3.05, 3.63) is 0 Å². The van der Waals surface area contributed by atoms with Gasteiger partial charge in [0.05, 0.1) is 12.1 Å². The molecule has 0 aromatic rings. The number of aliphatic carboxylic acids is 1. The molecule has 0 rings (SSSR count). The Morgan fingerprint density at radius 3 is 2.27 bits per heavy atom. The van der Waals surface area contributed by atoms with Gasteiger partial charge in [-0.2, -0.15) is 0 Å². The van der Waals surface area contributed by atoms with E-state index in [-0.39, 0.29) is 6.61 Å². The van der Waals surface area contributed by atoms with Gasteiger partial charge in [0.25, 0.3) is 0 Å². The molecule has 0 heterocycles. The molecule has 0 aromatic heterocycles. The van der Waals surface area contributed by atoms with Crippen molar-refractivity contribution in [1.29, 1.82) is 0 Å². The Hall–Kier alpha value is -0.660. The van der Waals surface area contributed by atoms with Crippen LogP contribution in [0.25, 0.3) is 0 Å². The van der Waals surface area contributed by atoms with Gasteiger partial charge < -0.3 is 10.2 Å². The number of hydrogen-bond donors (Lipinski definition) is 3. The highest BCUT2D eigenvalue weighted by atomic mass is 32.2. The summed E-state index contributed by atoms with van der Waals surface area (Å²) in [5.41, 5.74) is -1.01. The third kappa shape index (κ3) is 3.77. The average molecular weight is 239 g/mol. The number of carboxylic acid groups (broad SMARTS) is 1. The summed E-state index contributed by atoms with van der Waals surface area (Å²) in [4.78, 5) is 10.5. The molecule has 0 saturated carbocycles. The average Bonchev–Trinajstić information content (AvgIpc) is 2.15. The molecule has 0 radical (unpaired) electrons. The number of carboxylic acids is 1. The summed E-state index contributed by atoms with van der Waals surface area (Å²) in [5, 5.41) is 16.0. The molecule has 6 nitrogen and oxygen atoms in total. The van der Waals surface area contributed by atoms with Crippen LogP contribution in [0.1, 0.15) is 27.2 Å². The van der Waals surface area contributed by atoms with Crippen molar-refractivity contribution in [3.63, 3.8) is 0 Å². The molecule has 0 saturated heterocycles. The standard InChI is InChI=1S/C8H17NO5S/c1-4-8(3,5-10)9-15(13,14)6(2)7(11)12/h6,9-10H,4-5H2,1-3H3,(H,11,12). The number of sulfonamides is 1. The van der Waals surface area contributed by atoms with Crippen LogP contribution in [0.15, 0.2) is 0 Å². The lowest BCUT2D eigenvalue weighted by Crippen LogP contribution is -2.52. The summed E-state index contributed by atoms with van der Waals surface area (Å²) in [5.74, 6) is -1.42. The molecule has 0 bridgehead atoms. The van der Waals surface area contributed by atoms with E-state index in [1.807, 2.05) is 0 Å². The zero-order valence-electron chi connectivity index (χ0n) is 9.02. The normalized spacial score (nSPS) is 18.1. The van der Waals surface area contributed by atoms with Crippen LogP contribution in [0.3, 0.4) is 0 Å². The van der Waals surface area contributed by atoms with E-state index in [0.29, 0.717) is 6.42 Å². The first kappa shape index (κ1) is 14.3. The van der Waals surface area contributed by atoms with Crippen molar-refractivity contribution in [2.75, 3.05) is 6.61 Å². The summed E-state index contributed by atoms with van der Waals surface area (Å²) in [7, 11) is -3.95. The smallest absolute Gasteiger partial charge is 0.323 e. The van der Waals surface area contributed by atoms with Gasteiger partial charge >= 0.3 is 5.97 Å². The van der Waals surface area contributed by atoms with Crippen molar-refractivity contribution >= 4 is 16.0 Å². The Kier molecular flexibility index (Phi) is 4.69. The SMILES string of the molecule is CCC(C)(CO)NS(=O)(=O)C(C)C(=O)O. The number of carbonyl (C=O) groups is 1. The van der Waals surface area contributed by atoms with Crippen LogP contribution in [0.4, 0.5) is 0 Å². The van der Waals surface area contributed by atoms with Crippen molar-refractivity contribution in [2.24, 2.45) is 0 Å². The molecule has 90 valence electrons. The molecule has 3 N–H and O–H groups in total. The summed E-state index contributed by atoms with van der Waals surface area (Å²) < 4.78 is 25.2. The van der Waals surface area contributed by atoms with Gasteiger partial charge in [0.1, 0.15) is 0 Å². The molecule has 2 unspecified atom stereocenters. The van der Waals surface area contributed by atoms with E-state index in [1.54, 1.807) is 6.92 Å².